The van der Waals surface area contributed by atoms with E-state index in [1.54, 1.807) is 11.3 Å². The van der Waals surface area contributed by atoms with Gasteiger partial charge in [0, 0.05) is 25.0 Å². The van der Waals surface area contributed by atoms with Gasteiger partial charge in [-0.1, -0.05) is 6.92 Å². The number of rotatable bonds is 6. The van der Waals surface area contributed by atoms with Crippen LogP contribution in [-0.2, 0) is 26.4 Å². The van der Waals surface area contributed by atoms with Crippen molar-refractivity contribution in [3.8, 4) is 0 Å². The smallest absolute Gasteiger partial charge is 0.0701 e. The van der Waals surface area contributed by atoms with Crippen LogP contribution in [0.15, 0.2) is 22.0 Å². The molecular formula is C13H18BrN3S. The molecule has 18 heavy (non-hydrogen) atoms. The number of nitrogens with zero attached hydrogens (tertiary/aromatic N) is 2. The average molecular weight is 328 g/mol. The van der Waals surface area contributed by atoms with Gasteiger partial charge >= 0.3 is 0 Å². The van der Waals surface area contributed by atoms with E-state index in [9.17, 15) is 0 Å². The number of hydrogen-bond donors (Lipinski definition) is 1. The second kappa shape index (κ2) is 6.50. The fraction of sp³-hybridized carbons (Fsp3) is 0.462. The highest BCUT2D eigenvalue weighted by Crippen LogP contribution is 2.22. The number of aryl methyl sites for hydroxylation is 2. The highest BCUT2D eigenvalue weighted by Gasteiger charge is 2.03. The number of nitrogens with one attached hydrogen (secondary N) is 1. The monoisotopic (exact) mass is 327 g/mol. The van der Waals surface area contributed by atoms with Crippen LogP contribution in [0.4, 0.5) is 0 Å². The van der Waals surface area contributed by atoms with E-state index in [2.05, 4.69) is 51.5 Å². The zero-order chi connectivity index (χ0) is 13.0. The molecule has 0 saturated carbocycles. The van der Waals surface area contributed by atoms with Crippen molar-refractivity contribution in [3.63, 3.8) is 0 Å². The SMILES string of the molecule is CCc1cc(CNCCc2ccc(Br)s2)n(C)n1. The van der Waals surface area contributed by atoms with Crippen molar-refractivity contribution in [2.45, 2.75) is 26.3 Å². The molecule has 0 atom stereocenters. The van der Waals surface area contributed by atoms with Crippen LogP contribution in [0.5, 0.6) is 0 Å². The molecule has 0 aliphatic heterocycles. The standard InChI is InChI=1S/C13H18BrN3S/c1-3-10-8-11(17(2)16-10)9-15-7-6-12-4-5-13(14)18-12/h4-5,8,15H,3,6-7,9H2,1-2H3. The summed E-state index contributed by atoms with van der Waals surface area (Å²) in [5, 5.41) is 7.91. The van der Waals surface area contributed by atoms with Crippen molar-refractivity contribution in [1.29, 1.82) is 0 Å². The minimum atomic E-state index is 0.885. The van der Waals surface area contributed by atoms with Crippen LogP contribution >= 0.6 is 27.3 Å². The third-order valence-electron chi connectivity index (χ3n) is 2.87. The fourth-order valence-corrected chi connectivity index (χ4v) is 3.31. The Hall–Kier alpha value is -0.650. The largest absolute Gasteiger partial charge is 0.311 e. The predicted octanol–water partition coefficient (Wildman–Crippen LogP) is 3.14. The molecule has 0 spiro atoms. The van der Waals surface area contributed by atoms with E-state index < -0.39 is 0 Å². The number of halogens is 1. The van der Waals surface area contributed by atoms with Gasteiger partial charge in [0.15, 0.2) is 0 Å². The molecule has 0 aliphatic carbocycles. The molecule has 0 aromatic carbocycles. The third kappa shape index (κ3) is 3.67. The number of thiophene rings is 1. The van der Waals surface area contributed by atoms with Crippen molar-refractivity contribution in [1.82, 2.24) is 15.1 Å². The fourth-order valence-electron chi connectivity index (χ4n) is 1.82. The maximum Gasteiger partial charge on any atom is 0.0701 e. The summed E-state index contributed by atoms with van der Waals surface area (Å²) in [6, 6.07) is 6.46. The summed E-state index contributed by atoms with van der Waals surface area (Å²) in [5.74, 6) is 0. The van der Waals surface area contributed by atoms with Gasteiger partial charge in [-0.2, -0.15) is 5.10 Å². The Kier molecular flexibility index (Phi) is 4.97. The van der Waals surface area contributed by atoms with Gasteiger partial charge in [0.1, 0.15) is 0 Å². The van der Waals surface area contributed by atoms with Crippen LogP contribution in [0.3, 0.4) is 0 Å². The van der Waals surface area contributed by atoms with Gasteiger partial charge in [-0.05, 0) is 47.0 Å². The van der Waals surface area contributed by atoms with Crippen molar-refractivity contribution in [2.24, 2.45) is 7.05 Å². The second-order valence-electron chi connectivity index (χ2n) is 4.24. The Morgan fingerprint density at radius 3 is 2.89 bits per heavy atom. The molecule has 1 N–H and O–H groups in total. The second-order valence-corrected chi connectivity index (χ2v) is 6.78. The molecule has 0 radical (unpaired) electrons. The average Bonchev–Trinajstić information content (AvgIpc) is 2.91. The molecular weight excluding hydrogens is 310 g/mol. The summed E-state index contributed by atoms with van der Waals surface area (Å²) in [6.45, 7) is 4.02. The van der Waals surface area contributed by atoms with Crippen LogP contribution in [-0.4, -0.2) is 16.3 Å². The summed E-state index contributed by atoms with van der Waals surface area (Å²) < 4.78 is 3.17. The van der Waals surface area contributed by atoms with Gasteiger partial charge in [0.25, 0.3) is 0 Å². The summed E-state index contributed by atoms with van der Waals surface area (Å²) in [7, 11) is 2.01. The zero-order valence-corrected chi connectivity index (χ0v) is 13.1. The molecule has 0 bridgehead atoms. The van der Waals surface area contributed by atoms with E-state index in [1.807, 2.05) is 11.7 Å². The quantitative estimate of drug-likeness (QED) is 0.826. The third-order valence-corrected chi connectivity index (χ3v) is 4.56. The van der Waals surface area contributed by atoms with Crippen LogP contribution < -0.4 is 5.32 Å². The first-order valence-electron chi connectivity index (χ1n) is 6.15. The van der Waals surface area contributed by atoms with E-state index in [1.165, 1.54) is 14.4 Å². The first kappa shape index (κ1) is 13.8. The van der Waals surface area contributed by atoms with Gasteiger partial charge in [0.2, 0.25) is 0 Å². The minimum Gasteiger partial charge on any atom is -0.311 e. The van der Waals surface area contributed by atoms with E-state index in [0.29, 0.717) is 0 Å². The lowest BCUT2D eigenvalue weighted by Gasteiger charge is -2.03. The molecule has 3 nitrogen and oxygen atoms in total. The van der Waals surface area contributed by atoms with E-state index >= 15 is 0 Å². The molecule has 2 aromatic rings. The molecule has 0 fully saturated rings. The van der Waals surface area contributed by atoms with Crippen LogP contribution in [0.25, 0.3) is 0 Å². The van der Waals surface area contributed by atoms with Gasteiger partial charge in [-0.25, -0.2) is 0 Å². The van der Waals surface area contributed by atoms with Gasteiger partial charge < -0.3 is 5.32 Å². The van der Waals surface area contributed by atoms with Crippen LogP contribution in [0, 0.1) is 0 Å². The van der Waals surface area contributed by atoms with Crippen LogP contribution in [0.1, 0.15) is 23.2 Å². The van der Waals surface area contributed by atoms with Gasteiger partial charge in [0.05, 0.1) is 15.2 Å². The van der Waals surface area contributed by atoms with E-state index in [4.69, 9.17) is 0 Å². The maximum absolute atomic E-state index is 4.44. The van der Waals surface area contributed by atoms with E-state index in [-0.39, 0.29) is 0 Å². The Morgan fingerprint density at radius 1 is 1.44 bits per heavy atom. The Labute approximate surface area is 120 Å². The summed E-state index contributed by atoms with van der Waals surface area (Å²) in [5.41, 5.74) is 2.41. The summed E-state index contributed by atoms with van der Waals surface area (Å²) >= 11 is 5.29. The topological polar surface area (TPSA) is 29.9 Å². The number of aromatic nitrogens is 2. The zero-order valence-electron chi connectivity index (χ0n) is 10.7. The molecule has 0 aliphatic rings. The van der Waals surface area contributed by atoms with Gasteiger partial charge in [-0.15, -0.1) is 11.3 Å². The summed E-state index contributed by atoms with van der Waals surface area (Å²) in [4.78, 5) is 1.41. The molecule has 0 amide bonds. The normalized spacial score (nSPS) is 11.1. The number of hydrogen-bond acceptors (Lipinski definition) is 3. The van der Waals surface area contributed by atoms with Gasteiger partial charge in [-0.3, -0.25) is 4.68 Å². The Balaban J connectivity index is 1.76. The molecule has 2 heterocycles. The predicted molar refractivity (Wildman–Crippen MR) is 80.0 cm³/mol. The first-order valence-corrected chi connectivity index (χ1v) is 7.76. The molecule has 2 aromatic heterocycles. The Morgan fingerprint density at radius 2 is 2.28 bits per heavy atom. The lowest BCUT2D eigenvalue weighted by atomic mass is 10.3. The minimum absolute atomic E-state index is 0.885. The lowest BCUT2D eigenvalue weighted by Crippen LogP contribution is -2.18. The molecule has 98 valence electrons. The van der Waals surface area contributed by atoms with Crippen molar-refractivity contribution >= 4 is 27.3 Å². The maximum atomic E-state index is 4.44. The highest BCUT2D eigenvalue weighted by atomic mass is 79.9. The molecule has 0 saturated heterocycles. The first-order chi connectivity index (χ1) is 8.69. The van der Waals surface area contributed by atoms with Crippen molar-refractivity contribution < 1.29 is 0 Å². The highest BCUT2D eigenvalue weighted by molar-refractivity contribution is 9.11. The Bertz CT molecular complexity index is 504. The van der Waals surface area contributed by atoms with Crippen molar-refractivity contribution in [3.05, 3.63) is 38.3 Å². The molecule has 0 unspecified atom stereocenters. The molecule has 5 heteroatoms. The lowest BCUT2D eigenvalue weighted by molar-refractivity contribution is 0.624. The molecule has 2 rings (SSSR count). The van der Waals surface area contributed by atoms with Crippen LogP contribution in [0.2, 0.25) is 0 Å². The summed E-state index contributed by atoms with van der Waals surface area (Å²) in [6.07, 6.45) is 2.08. The van der Waals surface area contributed by atoms with E-state index in [0.717, 1.165) is 31.6 Å². The van der Waals surface area contributed by atoms with Crippen molar-refractivity contribution in [2.75, 3.05) is 6.54 Å².